The van der Waals surface area contributed by atoms with E-state index >= 15 is 0 Å². The van der Waals surface area contributed by atoms with Gasteiger partial charge in [0.05, 0.1) is 0 Å². The fraction of sp³-hybridized carbons (Fsp3) is 0.737. The van der Waals surface area contributed by atoms with E-state index in [2.05, 4.69) is 41.9 Å². The predicted molar refractivity (Wildman–Crippen MR) is 122 cm³/mol. The Morgan fingerprint density at radius 2 is 1.78 bits per heavy atom. The molecule has 1 N–H and O–H groups in total. The van der Waals surface area contributed by atoms with Crippen LogP contribution in [0.15, 0.2) is 23.5 Å². The van der Waals surface area contributed by atoms with Crippen molar-refractivity contribution >= 4 is 35.9 Å². The van der Waals surface area contributed by atoms with Gasteiger partial charge in [0.2, 0.25) is 5.95 Å². The number of halogens is 1. The summed E-state index contributed by atoms with van der Waals surface area (Å²) in [4.78, 5) is 20.4. The van der Waals surface area contributed by atoms with Crippen molar-refractivity contribution in [3.8, 4) is 0 Å². The lowest BCUT2D eigenvalue weighted by atomic mass is 9.97. The minimum absolute atomic E-state index is 0. The van der Waals surface area contributed by atoms with Gasteiger partial charge in [-0.1, -0.05) is 6.92 Å². The molecular formula is C19H34IN7. The van der Waals surface area contributed by atoms with Crippen LogP contribution >= 0.6 is 24.0 Å². The van der Waals surface area contributed by atoms with Gasteiger partial charge in [0.25, 0.3) is 0 Å². The first-order valence-corrected chi connectivity index (χ1v) is 10.00. The molecule has 2 aliphatic heterocycles. The van der Waals surface area contributed by atoms with E-state index in [0.717, 1.165) is 50.5 Å². The molecule has 7 nitrogen and oxygen atoms in total. The summed E-state index contributed by atoms with van der Waals surface area (Å²) >= 11 is 0. The summed E-state index contributed by atoms with van der Waals surface area (Å²) in [5, 5.41) is 3.62. The smallest absolute Gasteiger partial charge is 0.225 e. The van der Waals surface area contributed by atoms with Gasteiger partial charge < -0.3 is 20.0 Å². The minimum Gasteiger partial charge on any atom is -0.356 e. The van der Waals surface area contributed by atoms with Gasteiger partial charge in [0, 0.05) is 52.2 Å². The first-order chi connectivity index (χ1) is 12.8. The third-order valence-corrected chi connectivity index (χ3v) is 5.42. The highest BCUT2D eigenvalue weighted by molar-refractivity contribution is 14.0. The van der Waals surface area contributed by atoms with Crippen LogP contribution in [0.4, 0.5) is 5.95 Å². The molecule has 1 aromatic rings. The van der Waals surface area contributed by atoms with Gasteiger partial charge in [-0.15, -0.1) is 24.0 Å². The van der Waals surface area contributed by atoms with Gasteiger partial charge in [-0.3, -0.25) is 4.99 Å². The monoisotopic (exact) mass is 487 g/mol. The van der Waals surface area contributed by atoms with Crippen LogP contribution in [0, 0.1) is 5.92 Å². The molecule has 3 rings (SSSR count). The second-order valence-corrected chi connectivity index (χ2v) is 7.24. The molecule has 1 aromatic heterocycles. The number of guanidine groups is 1. The number of likely N-dealkylation sites (tertiary alicyclic amines) is 1. The highest BCUT2D eigenvalue weighted by Crippen LogP contribution is 2.17. The van der Waals surface area contributed by atoms with Gasteiger partial charge in [-0.25, -0.2) is 9.97 Å². The van der Waals surface area contributed by atoms with E-state index in [4.69, 9.17) is 0 Å². The van der Waals surface area contributed by atoms with Crippen molar-refractivity contribution in [3.05, 3.63) is 18.5 Å². The van der Waals surface area contributed by atoms with E-state index in [-0.39, 0.29) is 24.0 Å². The second-order valence-electron chi connectivity index (χ2n) is 7.24. The number of anilines is 1. The largest absolute Gasteiger partial charge is 0.356 e. The van der Waals surface area contributed by atoms with Crippen molar-refractivity contribution < 1.29 is 0 Å². The Bertz CT molecular complexity index is 552. The van der Waals surface area contributed by atoms with Crippen molar-refractivity contribution in [1.29, 1.82) is 0 Å². The third-order valence-electron chi connectivity index (χ3n) is 5.42. The topological polar surface area (TPSA) is 59.9 Å². The molecule has 0 spiro atoms. The Kier molecular flexibility index (Phi) is 9.53. The molecular weight excluding hydrogens is 453 g/mol. The first kappa shape index (κ1) is 22.1. The molecule has 0 aliphatic carbocycles. The van der Waals surface area contributed by atoms with Gasteiger partial charge in [0.15, 0.2) is 5.96 Å². The molecule has 2 aliphatic rings. The maximum Gasteiger partial charge on any atom is 0.225 e. The third kappa shape index (κ3) is 6.44. The maximum absolute atomic E-state index is 4.51. The van der Waals surface area contributed by atoms with E-state index in [9.17, 15) is 0 Å². The number of aliphatic imine (C=N–C) groups is 1. The summed E-state index contributed by atoms with van der Waals surface area (Å²) < 4.78 is 0. The number of hydrogen-bond donors (Lipinski definition) is 1. The average molecular weight is 487 g/mol. The van der Waals surface area contributed by atoms with Gasteiger partial charge >= 0.3 is 0 Å². The number of piperidine rings is 1. The fourth-order valence-electron chi connectivity index (χ4n) is 3.87. The van der Waals surface area contributed by atoms with Crippen molar-refractivity contribution in [3.63, 3.8) is 0 Å². The Hall–Kier alpha value is -1.16. The Morgan fingerprint density at radius 1 is 1.11 bits per heavy atom. The zero-order chi connectivity index (χ0) is 18.2. The van der Waals surface area contributed by atoms with E-state index in [1.165, 1.54) is 38.9 Å². The Balaban J connectivity index is 0.00000261. The SMILES string of the molecule is CCCN1CCC(CNC(=NC)N2CCN(c3ncccn3)CC2)CC1.I. The van der Waals surface area contributed by atoms with Crippen LogP contribution in [0.3, 0.4) is 0 Å². The number of aromatic nitrogens is 2. The maximum atomic E-state index is 4.51. The van der Waals surface area contributed by atoms with Gasteiger partial charge in [-0.2, -0.15) is 0 Å². The molecule has 2 fully saturated rings. The molecule has 3 heterocycles. The number of piperazine rings is 1. The number of nitrogens with zero attached hydrogens (tertiary/aromatic N) is 6. The molecule has 0 bridgehead atoms. The zero-order valence-corrected chi connectivity index (χ0v) is 19.0. The van der Waals surface area contributed by atoms with Crippen molar-refractivity contribution in [1.82, 2.24) is 25.1 Å². The van der Waals surface area contributed by atoms with Crippen LogP contribution in [-0.2, 0) is 0 Å². The number of hydrogen-bond acceptors (Lipinski definition) is 5. The summed E-state index contributed by atoms with van der Waals surface area (Å²) in [5.41, 5.74) is 0. The highest BCUT2D eigenvalue weighted by Gasteiger charge is 2.23. The lowest BCUT2D eigenvalue weighted by molar-refractivity contribution is 0.184. The molecule has 0 aromatic carbocycles. The average Bonchev–Trinajstić information content (AvgIpc) is 2.71. The molecule has 8 heteroatoms. The first-order valence-electron chi connectivity index (χ1n) is 10.00. The predicted octanol–water partition coefficient (Wildman–Crippen LogP) is 1.91. The minimum atomic E-state index is 0. The number of nitrogens with one attached hydrogen (secondary N) is 1. The summed E-state index contributed by atoms with van der Waals surface area (Å²) in [7, 11) is 1.89. The summed E-state index contributed by atoms with van der Waals surface area (Å²) in [6.45, 7) is 10.8. The molecule has 0 amide bonds. The molecule has 0 saturated carbocycles. The molecule has 0 unspecified atom stereocenters. The van der Waals surface area contributed by atoms with E-state index in [1.54, 1.807) is 12.4 Å². The molecule has 152 valence electrons. The Labute approximate surface area is 180 Å². The molecule has 0 radical (unpaired) electrons. The summed E-state index contributed by atoms with van der Waals surface area (Å²) in [6, 6.07) is 1.86. The quantitative estimate of drug-likeness (QED) is 0.389. The van der Waals surface area contributed by atoms with Crippen molar-refractivity contribution in [2.24, 2.45) is 10.9 Å². The van der Waals surface area contributed by atoms with E-state index in [0.29, 0.717) is 0 Å². The zero-order valence-electron chi connectivity index (χ0n) is 16.7. The molecule has 27 heavy (non-hydrogen) atoms. The molecule has 0 atom stereocenters. The highest BCUT2D eigenvalue weighted by atomic mass is 127. The second kappa shape index (κ2) is 11.6. The normalized spacial score (nSPS) is 19.7. The van der Waals surface area contributed by atoms with Crippen LogP contribution in [-0.4, -0.2) is 85.1 Å². The Morgan fingerprint density at radius 3 is 2.37 bits per heavy atom. The van der Waals surface area contributed by atoms with Gasteiger partial charge in [0.1, 0.15) is 0 Å². The summed E-state index contributed by atoms with van der Waals surface area (Å²) in [6.07, 6.45) is 7.46. The van der Waals surface area contributed by atoms with Crippen LogP contribution in [0.2, 0.25) is 0 Å². The van der Waals surface area contributed by atoms with Crippen molar-refractivity contribution in [2.75, 3.05) is 64.3 Å². The van der Waals surface area contributed by atoms with E-state index in [1.807, 2.05) is 13.1 Å². The van der Waals surface area contributed by atoms with Crippen LogP contribution in [0.1, 0.15) is 26.2 Å². The van der Waals surface area contributed by atoms with Crippen molar-refractivity contribution in [2.45, 2.75) is 26.2 Å². The fourth-order valence-corrected chi connectivity index (χ4v) is 3.87. The van der Waals surface area contributed by atoms with Crippen LogP contribution in [0.25, 0.3) is 0 Å². The lowest BCUT2D eigenvalue weighted by Crippen LogP contribution is -2.53. The lowest BCUT2D eigenvalue weighted by Gasteiger charge is -2.37. The number of rotatable bonds is 5. The van der Waals surface area contributed by atoms with Gasteiger partial charge in [-0.05, 0) is 50.9 Å². The standard InChI is InChI=1S/C19H33N7.HI/c1-3-9-24-10-5-17(6-11-24)16-23-18(20-2)25-12-14-26(15-13-25)19-21-7-4-8-22-19;/h4,7-8,17H,3,5-6,9-16H2,1-2H3,(H,20,23);1H. The van der Waals surface area contributed by atoms with E-state index < -0.39 is 0 Å². The van der Waals surface area contributed by atoms with Crippen LogP contribution < -0.4 is 10.2 Å². The van der Waals surface area contributed by atoms with Crippen LogP contribution in [0.5, 0.6) is 0 Å². The summed E-state index contributed by atoms with van der Waals surface area (Å²) in [5.74, 6) is 2.63. The molecule has 2 saturated heterocycles.